The number of rotatable bonds is 6. The van der Waals surface area contributed by atoms with E-state index in [9.17, 15) is 9.59 Å². The zero-order valence-corrected chi connectivity index (χ0v) is 16.4. The van der Waals surface area contributed by atoms with E-state index >= 15 is 0 Å². The van der Waals surface area contributed by atoms with E-state index in [4.69, 9.17) is 4.74 Å². The third kappa shape index (κ3) is 4.60. The number of para-hydroxylation sites is 1. The molecule has 1 aliphatic rings. The number of pyridine rings is 1. The van der Waals surface area contributed by atoms with Gasteiger partial charge in [0.15, 0.2) is 0 Å². The normalized spacial score (nSPS) is 13.9. The second kappa shape index (κ2) is 9.21. The molecule has 1 fully saturated rings. The number of benzene rings is 1. The summed E-state index contributed by atoms with van der Waals surface area (Å²) in [6.07, 6.45) is 3.60. The number of nitrogens with zero attached hydrogens (tertiary/aromatic N) is 4. The number of carbonyl (C=O) groups is 2. The summed E-state index contributed by atoms with van der Waals surface area (Å²) in [6, 6.07) is 11.6. The summed E-state index contributed by atoms with van der Waals surface area (Å²) in [5, 5.41) is 0. The first kappa shape index (κ1) is 19.7. The van der Waals surface area contributed by atoms with Crippen LogP contribution in [0.1, 0.15) is 17.3 Å². The highest BCUT2D eigenvalue weighted by molar-refractivity contribution is 6.00. The minimum absolute atomic E-state index is 0.0587. The van der Waals surface area contributed by atoms with Crippen molar-refractivity contribution in [2.45, 2.75) is 6.92 Å². The van der Waals surface area contributed by atoms with Gasteiger partial charge in [-0.05, 0) is 31.2 Å². The Bertz CT molecular complexity index is 804. The predicted molar refractivity (Wildman–Crippen MR) is 109 cm³/mol. The number of likely N-dealkylation sites (N-methyl/N-ethyl adjacent to an activating group) is 1. The van der Waals surface area contributed by atoms with E-state index in [0.29, 0.717) is 12.2 Å². The number of esters is 1. The van der Waals surface area contributed by atoms with Crippen molar-refractivity contribution in [3.63, 3.8) is 0 Å². The molecule has 148 valence electrons. The molecule has 1 saturated heterocycles. The lowest BCUT2D eigenvalue weighted by atomic mass is 10.1. The Morgan fingerprint density at radius 1 is 1.04 bits per heavy atom. The Hall–Kier alpha value is -3.09. The Balaban J connectivity index is 1.69. The van der Waals surface area contributed by atoms with Crippen molar-refractivity contribution in [3.8, 4) is 0 Å². The third-order valence-corrected chi connectivity index (χ3v) is 4.80. The van der Waals surface area contributed by atoms with Gasteiger partial charge in [0.1, 0.15) is 6.54 Å². The van der Waals surface area contributed by atoms with Crippen molar-refractivity contribution in [2.75, 3.05) is 56.2 Å². The summed E-state index contributed by atoms with van der Waals surface area (Å²) in [6.45, 7) is 5.36. The van der Waals surface area contributed by atoms with Crippen LogP contribution in [0.25, 0.3) is 0 Å². The molecule has 1 aromatic carbocycles. The van der Waals surface area contributed by atoms with Gasteiger partial charge in [0.25, 0.3) is 5.91 Å². The van der Waals surface area contributed by atoms with Gasteiger partial charge in [-0.15, -0.1) is 0 Å². The lowest BCUT2D eigenvalue weighted by molar-refractivity contribution is -0.143. The van der Waals surface area contributed by atoms with E-state index in [1.807, 2.05) is 36.4 Å². The zero-order chi connectivity index (χ0) is 19.9. The first-order chi connectivity index (χ1) is 13.6. The highest BCUT2D eigenvalue weighted by Crippen LogP contribution is 2.24. The minimum Gasteiger partial charge on any atom is -0.465 e. The van der Waals surface area contributed by atoms with Gasteiger partial charge >= 0.3 is 5.97 Å². The maximum Gasteiger partial charge on any atom is 0.325 e. The number of ether oxygens (including phenoxy) is 1. The van der Waals surface area contributed by atoms with Crippen molar-refractivity contribution in [1.29, 1.82) is 0 Å². The second-order valence-corrected chi connectivity index (χ2v) is 6.66. The highest BCUT2D eigenvalue weighted by atomic mass is 16.5. The molecule has 0 spiro atoms. The molecule has 2 heterocycles. The molecule has 2 aromatic rings. The third-order valence-electron chi connectivity index (χ3n) is 4.80. The van der Waals surface area contributed by atoms with Crippen LogP contribution in [0, 0.1) is 0 Å². The van der Waals surface area contributed by atoms with Crippen LogP contribution in [0.15, 0.2) is 48.8 Å². The minimum atomic E-state index is -0.401. The Kier molecular flexibility index (Phi) is 6.47. The van der Waals surface area contributed by atoms with Crippen LogP contribution in [-0.4, -0.2) is 68.1 Å². The van der Waals surface area contributed by atoms with Crippen LogP contribution < -0.4 is 9.80 Å². The first-order valence-electron chi connectivity index (χ1n) is 9.50. The molecule has 28 heavy (non-hydrogen) atoms. The SMILES string of the molecule is CCOC(=O)CN(C)C(=O)c1ccccc1N1CCN(c2ccncc2)CC1. The molecule has 1 aliphatic heterocycles. The van der Waals surface area contributed by atoms with Crippen LogP contribution in [0.2, 0.25) is 0 Å². The maximum atomic E-state index is 12.9. The Morgan fingerprint density at radius 2 is 1.68 bits per heavy atom. The van der Waals surface area contributed by atoms with E-state index in [0.717, 1.165) is 37.6 Å². The van der Waals surface area contributed by atoms with Crippen LogP contribution in [0.4, 0.5) is 11.4 Å². The molecule has 0 aliphatic carbocycles. The molecule has 0 saturated carbocycles. The summed E-state index contributed by atoms with van der Waals surface area (Å²) in [5.74, 6) is -0.581. The van der Waals surface area contributed by atoms with Crippen molar-refractivity contribution in [3.05, 3.63) is 54.4 Å². The number of hydrogen-bond acceptors (Lipinski definition) is 6. The molecule has 0 radical (unpaired) electrons. The van der Waals surface area contributed by atoms with E-state index in [1.54, 1.807) is 26.4 Å². The van der Waals surface area contributed by atoms with Crippen molar-refractivity contribution >= 4 is 23.3 Å². The molecule has 0 N–H and O–H groups in total. The van der Waals surface area contributed by atoms with Gasteiger partial charge in [-0.3, -0.25) is 14.6 Å². The average molecular weight is 382 g/mol. The van der Waals surface area contributed by atoms with Gasteiger partial charge in [0, 0.05) is 57.0 Å². The molecular formula is C21H26N4O3. The summed E-state index contributed by atoms with van der Waals surface area (Å²) >= 11 is 0. The maximum absolute atomic E-state index is 12.9. The van der Waals surface area contributed by atoms with E-state index < -0.39 is 5.97 Å². The summed E-state index contributed by atoms with van der Waals surface area (Å²) < 4.78 is 4.95. The predicted octanol–water partition coefficient (Wildman–Crippen LogP) is 2.04. The Labute approximate surface area is 165 Å². The van der Waals surface area contributed by atoms with Crippen molar-refractivity contribution in [2.24, 2.45) is 0 Å². The summed E-state index contributed by atoms with van der Waals surface area (Å²) in [4.78, 5) is 34.6. The molecule has 3 rings (SSSR count). The van der Waals surface area contributed by atoms with Crippen LogP contribution in [0.5, 0.6) is 0 Å². The van der Waals surface area contributed by atoms with Gasteiger partial charge in [-0.2, -0.15) is 0 Å². The first-order valence-corrected chi connectivity index (χ1v) is 9.50. The quantitative estimate of drug-likeness (QED) is 0.713. The Morgan fingerprint density at radius 3 is 2.36 bits per heavy atom. The largest absolute Gasteiger partial charge is 0.465 e. The van der Waals surface area contributed by atoms with E-state index in [1.165, 1.54) is 4.90 Å². The zero-order valence-electron chi connectivity index (χ0n) is 16.4. The molecular weight excluding hydrogens is 356 g/mol. The monoisotopic (exact) mass is 382 g/mol. The van der Waals surface area contributed by atoms with Crippen molar-refractivity contribution < 1.29 is 14.3 Å². The fraction of sp³-hybridized carbons (Fsp3) is 0.381. The summed E-state index contributed by atoms with van der Waals surface area (Å²) in [5.41, 5.74) is 2.66. The molecule has 1 aromatic heterocycles. The fourth-order valence-corrected chi connectivity index (χ4v) is 3.37. The average Bonchev–Trinajstić information content (AvgIpc) is 2.74. The number of carbonyl (C=O) groups excluding carboxylic acids is 2. The van der Waals surface area contributed by atoms with Crippen LogP contribution in [-0.2, 0) is 9.53 Å². The standard InChI is InChI=1S/C21H26N4O3/c1-3-28-20(26)16-23(2)21(27)18-6-4-5-7-19(18)25-14-12-24(13-15-25)17-8-10-22-11-9-17/h4-11H,3,12-16H2,1-2H3. The topological polar surface area (TPSA) is 66.0 Å². The van der Waals surface area contributed by atoms with Gasteiger partial charge in [0.05, 0.1) is 12.2 Å². The molecule has 0 unspecified atom stereocenters. The van der Waals surface area contributed by atoms with Crippen LogP contribution >= 0.6 is 0 Å². The van der Waals surface area contributed by atoms with Gasteiger partial charge in [0.2, 0.25) is 0 Å². The van der Waals surface area contributed by atoms with Crippen molar-refractivity contribution in [1.82, 2.24) is 9.88 Å². The number of piperazine rings is 1. The number of anilines is 2. The highest BCUT2D eigenvalue weighted by Gasteiger charge is 2.24. The van der Waals surface area contributed by atoms with E-state index in [-0.39, 0.29) is 12.5 Å². The molecule has 0 atom stereocenters. The molecule has 1 amide bonds. The summed E-state index contributed by atoms with van der Waals surface area (Å²) in [7, 11) is 1.62. The molecule has 0 bridgehead atoms. The second-order valence-electron chi connectivity index (χ2n) is 6.66. The van der Waals surface area contributed by atoms with Gasteiger partial charge in [-0.1, -0.05) is 12.1 Å². The van der Waals surface area contributed by atoms with Gasteiger partial charge in [-0.25, -0.2) is 0 Å². The number of hydrogen-bond donors (Lipinski definition) is 0. The fourth-order valence-electron chi connectivity index (χ4n) is 3.37. The lowest BCUT2D eigenvalue weighted by Crippen LogP contribution is -2.47. The van der Waals surface area contributed by atoms with Gasteiger partial charge < -0.3 is 19.4 Å². The lowest BCUT2D eigenvalue weighted by Gasteiger charge is -2.38. The molecule has 7 heteroatoms. The van der Waals surface area contributed by atoms with E-state index in [2.05, 4.69) is 14.8 Å². The number of amides is 1. The smallest absolute Gasteiger partial charge is 0.325 e. The number of aromatic nitrogens is 1. The molecule has 7 nitrogen and oxygen atoms in total. The van der Waals surface area contributed by atoms with Crippen LogP contribution in [0.3, 0.4) is 0 Å².